The number of aliphatic hydroxyl groups is 1. The van der Waals surface area contributed by atoms with Crippen LogP contribution in [-0.4, -0.2) is 64.2 Å². The van der Waals surface area contributed by atoms with Gasteiger partial charge in [-0.25, -0.2) is 4.68 Å². The van der Waals surface area contributed by atoms with Crippen LogP contribution in [0, 0.1) is 6.92 Å². The van der Waals surface area contributed by atoms with E-state index in [0.29, 0.717) is 24.3 Å². The van der Waals surface area contributed by atoms with E-state index in [4.69, 9.17) is 4.74 Å². The number of nitrogens with zero attached hydrogens (tertiary/aromatic N) is 5. The van der Waals surface area contributed by atoms with E-state index in [0.717, 1.165) is 55.6 Å². The van der Waals surface area contributed by atoms with Gasteiger partial charge < -0.3 is 20.1 Å². The van der Waals surface area contributed by atoms with Crippen molar-refractivity contribution in [2.24, 2.45) is 0 Å². The molecule has 30 heavy (non-hydrogen) atoms. The summed E-state index contributed by atoms with van der Waals surface area (Å²) in [5.41, 5.74) is 3.76. The molecule has 8 nitrogen and oxygen atoms in total. The van der Waals surface area contributed by atoms with Crippen LogP contribution in [0.1, 0.15) is 36.3 Å². The summed E-state index contributed by atoms with van der Waals surface area (Å²) in [7, 11) is 1.57. The third-order valence-electron chi connectivity index (χ3n) is 6.30. The summed E-state index contributed by atoms with van der Waals surface area (Å²) in [6, 6.07) is 6.74. The minimum Gasteiger partial charge on any atom is -0.467 e. The van der Waals surface area contributed by atoms with Crippen LogP contribution >= 0.6 is 0 Å². The monoisotopic (exact) mass is 408 g/mol. The number of hydrogen-bond acceptors (Lipinski definition) is 7. The van der Waals surface area contributed by atoms with Crippen LogP contribution in [0.3, 0.4) is 0 Å². The molecule has 0 spiro atoms. The minimum absolute atomic E-state index is 0.304. The largest absolute Gasteiger partial charge is 0.467 e. The Labute approximate surface area is 175 Å². The zero-order chi connectivity index (χ0) is 20.7. The van der Waals surface area contributed by atoms with Gasteiger partial charge in [-0.2, -0.15) is 15.1 Å². The van der Waals surface area contributed by atoms with Crippen molar-refractivity contribution < 1.29 is 9.84 Å². The van der Waals surface area contributed by atoms with E-state index < -0.39 is 0 Å². The molecule has 158 valence electrons. The average Bonchev–Trinajstić information content (AvgIpc) is 3.39. The lowest BCUT2D eigenvalue weighted by Gasteiger charge is -2.24. The zero-order valence-corrected chi connectivity index (χ0v) is 17.5. The highest BCUT2D eigenvalue weighted by Gasteiger charge is 2.24. The molecule has 2 aliphatic rings. The van der Waals surface area contributed by atoms with Crippen LogP contribution in [0.2, 0.25) is 0 Å². The predicted molar refractivity (Wildman–Crippen MR) is 116 cm³/mol. The fourth-order valence-electron chi connectivity index (χ4n) is 4.67. The maximum Gasteiger partial charge on any atom is 0.320 e. The van der Waals surface area contributed by atoms with Gasteiger partial charge in [-0.15, -0.1) is 0 Å². The van der Waals surface area contributed by atoms with Crippen molar-refractivity contribution in [2.75, 3.05) is 38.2 Å². The molecule has 2 saturated heterocycles. The van der Waals surface area contributed by atoms with E-state index >= 15 is 0 Å². The highest BCUT2D eigenvalue weighted by molar-refractivity contribution is 5.82. The van der Waals surface area contributed by atoms with Crippen LogP contribution in [-0.2, 0) is 0 Å². The Morgan fingerprint density at radius 2 is 1.90 bits per heavy atom. The second-order valence-electron chi connectivity index (χ2n) is 8.31. The molecule has 8 heteroatoms. The number of anilines is 1. The third kappa shape index (κ3) is 3.50. The number of nitrogens with one attached hydrogen (secondary N) is 1. The molecule has 1 atom stereocenters. The van der Waals surface area contributed by atoms with Crippen LogP contribution in [0.25, 0.3) is 16.7 Å². The SMILES string of the molecule is COc1nc(N2CCC(O)C2)cc(-n2ncc3cc(C)c(C4CCNCC4)cc32)n1. The van der Waals surface area contributed by atoms with E-state index in [9.17, 15) is 5.11 Å². The second-order valence-corrected chi connectivity index (χ2v) is 8.31. The molecule has 5 rings (SSSR count). The van der Waals surface area contributed by atoms with Crippen molar-refractivity contribution >= 4 is 16.7 Å². The zero-order valence-electron chi connectivity index (χ0n) is 17.5. The van der Waals surface area contributed by atoms with E-state index in [-0.39, 0.29) is 6.10 Å². The fraction of sp³-hybridized carbons (Fsp3) is 0.500. The molecule has 1 aromatic carbocycles. The van der Waals surface area contributed by atoms with Crippen molar-refractivity contribution in [2.45, 2.75) is 38.2 Å². The average molecular weight is 409 g/mol. The van der Waals surface area contributed by atoms with Gasteiger partial charge in [0.25, 0.3) is 0 Å². The molecule has 2 aliphatic heterocycles. The summed E-state index contributed by atoms with van der Waals surface area (Å²) in [6.45, 7) is 5.65. The highest BCUT2D eigenvalue weighted by atomic mass is 16.5. The number of β-amino-alcohol motifs (C(OH)–C–C–N with tert-alkyl or cyclic N) is 1. The molecule has 2 fully saturated rings. The highest BCUT2D eigenvalue weighted by Crippen LogP contribution is 2.32. The Morgan fingerprint density at radius 3 is 2.63 bits per heavy atom. The first-order valence-electron chi connectivity index (χ1n) is 10.7. The summed E-state index contributed by atoms with van der Waals surface area (Å²) in [4.78, 5) is 11.1. The molecule has 2 N–H and O–H groups in total. The van der Waals surface area contributed by atoms with Gasteiger partial charge in [-0.05, 0) is 68.5 Å². The molecule has 4 heterocycles. The molecule has 0 bridgehead atoms. The summed E-state index contributed by atoms with van der Waals surface area (Å²) >= 11 is 0. The number of piperidine rings is 1. The van der Waals surface area contributed by atoms with E-state index in [1.807, 2.05) is 16.9 Å². The summed E-state index contributed by atoms with van der Waals surface area (Å²) in [6.07, 6.45) is 4.62. The first-order chi connectivity index (χ1) is 14.6. The molecular formula is C22H28N6O2. The Morgan fingerprint density at radius 1 is 1.10 bits per heavy atom. The predicted octanol–water partition coefficient (Wildman–Crippen LogP) is 2.17. The molecule has 0 radical (unpaired) electrons. The lowest BCUT2D eigenvalue weighted by molar-refractivity contribution is 0.198. The lowest BCUT2D eigenvalue weighted by atomic mass is 9.87. The van der Waals surface area contributed by atoms with Gasteiger partial charge in [0.05, 0.1) is 24.9 Å². The van der Waals surface area contributed by atoms with Gasteiger partial charge in [-0.1, -0.05) is 0 Å². The van der Waals surface area contributed by atoms with Gasteiger partial charge in [0, 0.05) is 24.5 Å². The quantitative estimate of drug-likeness (QED) is 0.684. The van der Waals surface area contributed by atoms with Crippen molar-refractivity contribution in [3.8, 4) is 11.8 Å². The van der Waals surface area contributed by atoms with Gasteiger partial charge in [0.1, 0.15) is 5.82 Å². The number of hydrogen-bond donors (Lipinski definition) is 2. The number of benzene rings is 1. The standard InChI is InChI=1S/C22H28N6O2/c1-14-9-16-12-24-28(19(16)10-18(14)15-3-6-23-7-4-15)21-11-20(25-22(26-21)30-2)27-8-5-17(29)13-27/h9-12,15,17,23,29H,3-8,13H2,1-2H3. The third-order valence-corrected chi connectivity index (χ3v) is 6.30. The summed E-state index contributed by atoms with van der Waals surface area (Å²) in [5, 5.41) is 19.1. The topological polar surface area (TPSA) is 88.3 Å². The first kappa shape index (κ1) is 19.3. The second kappa shape index (κ2) is 7.85. The fourth-order valence-corrected chi connectivity index (χ4v) is 4.67. The lowest BCUT2D eigenvalue weighted by Crippen LogP contribution is -2.27. The maximum atomic E-state index is 9.92. The normalized spacial score (nSPS) is 20.2. The minimum atomic E-state index is -0.324. The number of rotatable bonds is 4. The van der Waals surface area contributed by atoms with Crippen LogP contribution in [0.15, 0.2) is 24.4 Å². The number of aliphatic hydroxyl groups excluding tert-OH is 1. The van der Waals surface area contributed by atoms with Crippen molar-refractivity contribution in [3.05, 3.63) is 35.5 Å². The number of ether oxygens (including phenoxy) is 1. The van der Waals surface area contributed by atoms with Gasteiger partial charge >= 0.3 is 6.01 Å². The van der Waals surface area contributed by atoms with Crippen molar-refractivity contribution in [1.82, 2.24) is 25.1 Å². The molecule has 1 unspecified atom stereocenters. The smallest absolute Gasteiger partial charge is 0.320 e. The van der Waals surface area contributed by atoms with Crippen molar-refractivity contribution in [1.29, 1.82) is 0 Å². The molecule has 3 aromatic rings. The first-order valence-corrected chi connectivity index (χ1v) is 10.7. The van der Waals surface area contributed by atoms with Gasteiger partial charge in [0.2, 0.25) is 0 Å². The molecular weight excluding hydrogens is 380 g/mol. The van der Waals surface area contributed by atoms with Crippen molar-refractivity contribution in [3.63, 3.8) is 0 Å². The Balaban J connectivity index is 1.58. The maximum absolute atomic E-state index is 9.92. The van der Waals surface area contributed by atoms with Gasteiger partial charge in [-0.3, -0.25) is 0 Å². The van der Waals surface area contributed by atoms with Crippen LogP contribution in [0.4, 0.5) is 5.82 Å². The Kier molecular flexibility index (Phi) is 5.04. The molecule has 0 saturated carbocycles. The van der Waals surface area contributed by atoms with Crippen LogP contribution < -0.4 is 15.0 Å². The number of methoxy groups -OCH3 is 1. The van der Waals surface area contributed by atoms with Crippen LogP contribution in [0.5, 0.6) is 6.01 Å². The van der Waals surface area contributed by atoms with E-state index in [1.165, 1.54) is 11.1 Å². The Hall–Kier alpha value is -2.71. The molecule has 2 aromatic heterocycles. The molecule has 0 amide bonds. The summed E-state index contributed by atoms with van der Waals surface area (Å²) in [5.74, 6) is 2.00. The number of aryl methyl sites for hydroxylation is 1. The van der Waals surface area contributed by atoms with Gasteiger partial charge in [0.15, 0.2) is 5.82 Å². The number of fused-ring (bicyclic) bond motifs is 1. The molecule has 0 aliphatic carbocycles. The van der Waals surface area contributed by atoms with E-state index in [2.05, 4.69) is 44.3 Å². The number of aromatic nitrogens is 4. The van der Waals surface area contributed by atoms with E-state index in [1.54, 1.807) is 7.11 Å². The summed E-state index contributed by atoms with van der Waals surface area (Å²) < 4.78 is 7.25. The Bertz CT molecular complexity index is 1060.